The quantitative estimate of drug-likeness (QED) is 0.618. The fourth-order valence-corrected chi connectivity index (χ4v) is 1.10. The number of nitrogens with one attached hydrogen (secondary N) is 1. The number of halogens is 1. The second-order valence-electron chi connectivity index (χ2n) is 3.00. The van der Waals surface area contributed by atoms with Crippen LogP contribution in [0.25, 0.3) is 0 Å². The van der Waals surface area contributed by atoms with Gasteiger partial charge in [0.15, 0.2) is 0 Å². The predicted molar refractivity (Wildman–Crippen MR) is 62.0 cm³/mol. The first-order valence-corrected chi connectivity index (χ1v) is 4.67. The molecule has 0 heterocycles. The van der Waals surface area contributed by atoms with Crippen LogP contribution in [0.5, 0.6) is 0 Å². The maximum atomic E-state index is 10.4. The third-order valence-corrected chi connectivity index (χ3v) is 1.76. The Balaban J connectivity index is 0.00000196. The highest BCUT2D eigenvalue weighted by Crippen LogP contribution is 1.96. The number of ether oxygens (including phenoxy) is 1. The van der Waals surface area contributed by atoms with Crippen molar-refractivity contribution in [1.82, 2.24) is 5.32 Å². The van der Waals surface area contributed by atoms with Gasteiger partial charge < -0.3 is 10.1 Å². The standard InChI is InChI=1S/C11H15NO2.ClH/c1-10(13)14-8-7-12-9-11-5-3-2-4-6-11;/h2-6,12H,7-9H2,1H3;1H. The average Bonchev–Trinajstić information content (AvgIpc) is 2.18. The summed E-state index contributed by atoms with van der Waals surface area (Å²) >= 11 is 0. The van der Waals surface area contributed by atoms with Crippen LogP contribution in [0, 0.1) is 0 Å². The summed E-state index contributed by atoms with van der Waals surface area (Å²) in [6.45, 7) is 3.34. The predicted octanol–water partition coefficient (Wildman–Crippen LogP) is 1.76. The highest BCUT2D eigenvalue weighted by atomic mass is 35.5. The van der Waals surface area contributed by atoms with Crippen molar-refractivity contribution < 1.29 is 9.53 Å². The lowest BCUT2D eigenvalue weighted by atomic mass is 10.2. The Morgan fingerprint density at radius 3 is 2.60 bits per heavy atom. The van der Waals surface area contributed by atoms with E-state index in [4.69, 9.17) is 4.74 Å². The summed E-state index contributed by atoms with van der Waals surface area (Å²) in [6.07, 6.45) is 0. The van der Waals surface area contributed by atoms with E-state index < -0.39 is 0 Å². The topological polar surface area (TPSA) is 38.3 Å². The Morgan fingerprint density at radius 1 is 1.33 bits per heavy atom. The van der Waals surface area contributed by atoms with E-state index in [1.165, 1.54) is 12.5 Å². The normalized spacial score (nSPS) is 9.13. The van der Waals surface area contributed by atoms with Gasteiger partial charge in [-0.2, -0.15) is 0 Å². The molecule has 0 saturated carbocycles. The van der Waals surface area contributed by atoms with Crippen LogP contribution in [0.3, 0.4) is 0 Å². The largest absolute Gasteiger partial charge is 0.465 e. The zero-order chi connectivity index (χ0) is 10.2. The number of benzene rings is 1. The SMILES string of the molecule is CC(=O)OCCNCc1ccccc1.Cl. The number of hydrogen-bond donors (Lipinski definition) is 1. The third-order valence-electron chi connectivity index (χ3n) is 1.76. The van der Waals surface area contributed by atoms with Gasteiger partial charge in [0.05, 0.1) is 0 Å². The molecule has 15 heavy (non-hydrogen) atoms. The molecule has 0 fully saturated rings. The van der Waals surface area contributed by atoms with Crippen LogP contribution in [-0.4, -0.2) is 19.1 Å². The summed E-state index contributed by atoms with van der Waals surface area (Å²) < 4.78 is 4.78. The zero-order valence-electron chi connectivity index (χ0n) is 8.73. The number of carbonyl (C=O) groups excluding carboxylic acids is 1. The maximum absolute atomic E-state index is 10.4. The first-order chi connectivity index (χ1) is 6.79. The van der Waals surface area contributed by atoms with Gasteiger partial charge in [0.25, 0.3) is 0 Å². The highest BCUT2D eigenvalue weighted by Gasteiger charge is 1.92. The monoisotopic (exact) mass is 229 g/mol. The second kappa shape index (κ2) is 8.26. The first kappa shape index (κ1) is 13.9. The van der Waals surface area contributed by atoms with Gasteiger partial charge in [-0.15, -0.1) is 12.4 Å². The van der Waals surface area contributed by atoms with E-state index in [0.29, 0.717) is 13.2 Å². The molecule has 0 bridgehead atoms. The second-order valence-corrected chi connectivity index (χ2v) is 3.00. The van der Waals surface area contributed by atoms with Crippen LogP contribution < -0.4 is 5.32 Å². The minimum atomic E-state index is -0.230. The average molecular weight is 230 g/mol. The van der Waals surface area contributed by atoms with Gasteiger partial charge in [-0.05, 0) is 5.56 Å². The van der Waals surface area contributed by atoms with Crippen LogP contribution >= 0.6 is 12.4 Å². The fourth-order valence-electron chi connectivity index (χ4n) is 1.10. The van der Waals surface area contributed by atoms with E-state index in [1.807, 2.05) is 18.2 Å². The molecule has 1 aromatic carbocycles. The van der Waals surface area contributed by atoms with E-state index in [1.54, 1.807) is 0 Å². The Labute approximate surface area is 96.2 Å². The summed E-state index contributed by atoms with van der Waals surface area (Å²) in [5, 5.41) is 3.18. The van der Waals surface area contributed by atoms with Crippen molar-refractivity contribution in [3.63, 3.8) is 0 Å². The molecular weight excluding hydrogens is 214 g/mol. The van der Waals surface area contributed by atoms with Crippen molar-refractivity contribution in [1.29, 1.82) is 0 Å². The molecule has 1 aromatic rings. The van der Waals surface area contributed by atoms with Crippen molar-refractivity contribution in [2.45, 2.75) is 13.5 Å². The van der Waals surface area contributed by atoms with Gasteiger partial charge in [-0.1, -0.05) is 30.3 Å². The van der Waals surface area contributed by atoms with Crippen molar-refractivity contribution in [2.75, 3.05) is 13.2 Å². The zero-order valence-corrected chi connectivity index (χ0v) is 9.55. The molecule has 84 valence electrons. The van der Waals surface area contributed by atoms with E-state index >= 15 is 0 Å². The molecule has 0 aromatic heterocycles. The molecule has 0 unspecified atom stereocenters. The molecule has 0 spiro atoms. The van der Waals surface area contributed by atoms with E-state index in [0.717, 1.165) is 6.54 Å². The van der Waals surface area contributed by atoms with Gasteiger partial charge in [0.2, 0.25) is 0 Å². The fraction of sp³-hybridized carbons (Fsp3) is 0.364. The Morgan fingerprint density at radius 2 is 2.00 bits per heavy atom. The maximum Gasteiger partial charge on any atom is 0.302 e. The van der Waals surface area contributed by atoms with Crippen LogP contribution in [0.4, 0.5) is 0 Å². The molecule has 0 atom stereocenters. The van der Waals surface area contributed by atoms with Crippen molar-refractivity contribution in [3.05, 3.63) is 35.9 Å². The van der Waals surface area contributed by atoms with Crippen LogP contribution in [-0.2, 0) is 16.1 Å². The molecule has 1 N–H and O–H groups in total. The smallest absolute Gasteiger partial charge is 0.302 e. The molecule has 1 rings (SSSR count). The van der Waals surface area contributed by atoms with E-state index in [-0.39, 0.29) is 18.4 Å². The molecule has 0 radical (unpaired) electrons. The lowest BCUT2D eigenvalue weighted by Crippen LogP contribution is -2.20. The summed E-state index contributed by atoms with van der Waals surface area (Å²) in [4.78, 5) is 10.4. The molecule has 0 aliphatic heterocycles. The molecule has 0 amide bonds. The first-order valence-electron chi connectivity index (χ1n) is 4.67. The van der Waals surface area contributed by atoms with E-state index in [2.05, 4.69) is 17.4 Å². The Kier molecular flexibility index (Phi) is 7.68. The van der Waals surface area contributed by atoms with Crippen LogP contribution in [0.15, 0.2) is 30.3 Å². The van der Waals surface area contributed by atoms with Crippen LogP contribution in [0.2, 0.25) is 0 Å². The lowest BCUT2D eigenvalue weighted by Gasteiger charge is -2.04. The van der Waals surface area contributed by atoms with Gasteiger partial charge >= 0.3 is 5.97 Å². The molecule has 4 heteroatoms. The lowest BCUT2D eigenvalue weighted by molar-refractivity contribution is -0.140. The Hall–Kier alpha value is -1.06. The summed E-state index contributed by atoms with van der Waals surface area (Å²) in [7, 11) is 0. The number of carbonyl (C=O) groups is 1. The number of hydrogen-bond acceptors (Lipinski definition) is 3. The molecule has 3 nitrogen and oxygen atoms in total. The minimum Gasteiger partial charge on any atom is -0.465 e. The summed E-state index contributed by atoms with van der Waals surface area (Å²) in [5.74, 6) is -0.230. The molecule has 0 aliphatic rings. The van der Waals surface area contributed by atoms with Gasteiger partial charge in [0.1, 0.15) is 6.61 Å². The van der Waals surface area contributed by atoms with Gasteiger partial charge in [-0.25, -0.2) is 0 Å². The van der Waals surface area contributed by atoms with E-state index in [9.17, 15) is 4.79 Å². The summed E-state index contributed by atoms with van der Waals surface area (Å²) in [5.41, 5.74) is 1.23. The Bertz CT molecular complexity index is 277. The molecular formula is C11H16ClNO2. The number of esters is 1. The molecule has 0 aliphatic carbocycles. The van der Waals surface area contributed by atoms with Crippen molar-refractivity contribution in [2.24, 2.45) is 0 Å². The van der Waals surface area contributed by atoms with Crippen molar-refractivity contribution >= 4 is 18.4 Å². The number of rotatable bonds is 5. The van der Waals surface area contributed by atoms with Crippen molar-refractivity contribution in [3.8, 4) is 0 Å². The minimum absolute atomic E-state index is 0. The van der Waals surface area contributed by atoms with Gasteiger partial charge in [-0.3, -0.25) is 4.79 Å². The molecule has 0 saturated heterocycles. The summed E-state index contributed by atoms with van der Waals surface area (Å²) in [6, 6.07) is 10.1. The third kappa shape index (κ3) is 6.94. The highest BCUT2D eigenvalue weighted by molar-refractivity contribution is 5.85. The van der Waals surface area contributed by atoms with Gasteiger partial charge in [0, 0.05) is 20.0 Å². The van der Waals surface area contributed by atoms with Crippen LogP contribution in [0.1, 0.15) is 12.5 Å².